The van der Waals surface area contributed by atoms with Gasteiger partial charge in [0.1, 0.15) is 11.5 Å². The standard InChI is InChI=1S/C31H32O2/c1-19-15-21(3)29(23-7-11-25(32)12-8-23)27(17-19)31(5,6)28-18-20(2)16-22(4)30(28)24-9-13-26(33)14-10-24/h7-18,32-33H,1-6H3. The molecule has 0 aliphatic rings. The minimum atomic E-state index is -0.298. The Balaban J connectivity index is 2.02. The summed E-state index contributed by atoms with van der Waals surface area (Å²) >= 11 is 0. The summed E-state index contributed by atoms with van der Waals surface area (Å²) in [5, 5.41) is 19.7. The van der Waals surface area contributed by atoms with Gasteiger partial charge < -0.3 is 10.2 Å². The highest BCUT2D eigenvalue weighted by Gasteiger charge is 2.31. The van der Waals surface area contributed by atoms with Crippen molar-refractivity contribution in [2.24, 2.45) is 0 Å². The third-order valence-corrected chi connectivity index (χ3v) is 6.62. The average Bonchev–Trinajstić information content (AvgIpc) is 2.74. The summed E-state index contributed by atoms with van der Waals surface area (Å²) in [6.45, 7) is 13.2. The van der Waals surface area contributed by atoms with Crippen LogP contribution in [-0.2, 0) is 5.41 Å². The van der Waals surface area contributed by atoms with Gasteiger partial charge in [0.15, 0.2) is 0 Å². The van der Waals surface area contributed by atoms with Gasteiger partial charge in [-0.2, -0.15) is 0 Å². The largest absolute Gasteiger partial charge is 0.508 e. The van der Waals surface area contributed by atoms with Crippen LogP contribution in [0.4, 0.5) is 0 Å². The van der Waals surface area contributed by atoms with Gasteiger partial charge in [-0.15, -0.1) is 0 Å². The van der Waals surface area contributed by atoms with Gasteiger partial charge in [-0.3, -0.25) is 0 Å². The van der Waals surface area contributed by atoms with Crippen LogP contribution >= 0.6 is 0 Å². The van der Waals surface area contributed by atoms with Gasteiger partial charge in [0, 0.05) is 5.41 Å². The monoisotopic (exact) mass is 436 g/mol. The van der Waals surface area contributed by atoms with Crippen LogP contribution in [0.5, 0.6) is 11.5 Å². The molecule has 2 N–H and O–H groups in total. The quantitative estimate of drug-likeness (QED) is 0.340. The second-order valence-electron chi connectivity index (χ2n) is 9.73. The molecule has 168 valence electrons. The van der Waals surface area contributed by atoms with Crippen molar-refractivity contribution in [2.45, 2.75) is 47.0 Å². The molecular formula is C31H32O2. The molecule has 2 heteroatoms. The maximum absolute atomic E-state index is 9.85. The molecule has 0 unspecified atom stereocenters. The molecule has 0 amide bonds. The average molecular weight is 437 g/mol. The van der Waals surface area contributed by atoms with Crippen molar-refractivity contribution in [1.82, 2.24) is 0 Å². The van der Waals surface area contributed by atoms with E-state index in [1.165, 1.54) is 44.5 Å². The first kappa shape index (κ1) is 22.7. The van der Waals surface area contributed by atoms with Crippen LogP contribution in [-0.4, -0.2) is 10.2 Å². The predicted octanol–water partition coefficient (Wildman–Crippen LogP) is 7.99. The third kappa shape index (κ3) is 4.26. The summed E-state index contributed by atoms with van der Waals surface area (Å²) in [5.41, 5.74) is 11.7. The summed E-state index contributed by atoms with van der Waals surface area (Å²) < 4.78 is 0. The van der Waals surface area contributed by atoms with E-state index >= 15 is 0 Å². The maximum Gasteiger partial charge on any atom is 0.115 e. The SMILES string of the molecule is Cc1cc(C)c(-c2ccc(O)cc2)c(C(C)(C)c2cc(C)cc(C)c2-c2ccc(O)cc2)c1. The van der Waals surface area contributed by atoms with Crippen LogP contribution in [0.25, 0.3) is 22.3 Å². The Morgan fingerprint density at radius 3 is 1.18 bits per heavy atom. The fourth-order valence-electron chi connectivity index (χ4n) is 5.09. The van der Waals surface area contributed by atoms with Crippen LogP contribution < -0.4 is 0 Å². The number of hydrogen-bond donors (Lipinski definition) is 2. The lowest BCUT2D eigenvalue weighted by molar-refractivity contribution is 0.475. The van der Waals surface area contributed by atoms with Gasteiger partial charge in [0.25, 0.3) is 0 Å². The molecule has 0 bridgehead atoms. The van der Waals surface area contributed by atoms with Gasteiger partial charge in [-0.1, -0.05) is 73.5 Å². The van der Waals surface area contributed by atoms with E-state index in [4.69, 9.17) is 0 Å². The molecule has 0 fully saturated rings. The topological polar surface area (TPSA) is 40.5 Å². The number of benzene rings is 4. The third-order valence-electron chi connectivity index (χ3n) is 6.62. The van der Waals surface area contributed by atoms with Crippen molar-refractivity contribution in [2.75, 3.05) is 0 Å². The second kappa shape index (κ2) is 8.44. The maximum atomic E-state index is 9.85. The molecule has 33 heavy (non-hydrogen) atoms. The van der Waals surface area contributed by atoms with E-state index in [1.54, 1.807) is 24.3 Å². The molecule has 4 aromatic carbocycles. The van der Waals surface area contributed by atoms with E-state index in [0.29, 0.717) is 0 Å². The number of phenolic OH excluding ortho intramolecular Hbond substituents is 2. The predicted molar refractivity (Wildman–Crippen MR) is 138 cm³/mol. The Morgan fingerprint density at radius 2 is 0.848 bits per heavy atom. The Morgan fingerprint density at radius 1 is 0.515 bits per heavy atom. The molecule has 2 nitrogen and oxygen atoms in total. The first-order chi connectivity index (χ1) is 15.6. The minimum absolute atomic E-state index is 0.272. The normalized spacial score (nSPS) is 11.6. The number of aromatic hydroxyl groups is 2. The van der Waals surface area contributed by atoms with Crippen molar-refractivity contribution in [3.8, 4) is 33.8 Å². The van der Waals surface area contributed by atoms with Crippen LogP contribution in [0.2, 0.25) is 0 Å². The van der Waals surface area contributed by atoms with E-state index in [9.17, 15) is 10.2 Å². The van der Waals surface area contributed by atoms with Crippen LogP contribution in [0.1, 0.15) is 47.2 Å². The van der Waals surface area contributed by atoms with E-state index < -0.39 is 0 Å². The van der Waals surface area contributed by atoms with Gasteiger partial charge in [-0.05, 0) is 96.5 Å². The number of phenols is 2. The molecule has 0 aliphatic carbocycles. The Labute approximate surface area is 197 Å². The number of rotatable bonds is 4. The zero-order chi connectivity index (χ0) is 23.9. The van der Waals surface area contributed by atoms with Crippen LogP contribution in [0.3, 0.4) is 0 Å². The lowest BCUT2D eigenvalue weighted by Gasteiger charge is -2.33. The first-order valence-electron chi connectivity index (χ1n) is 11.4. The van der Waals surface area contributed by atoms with Crippen molar-refractivity contribution in [3.63, 3.8) is 0 Å². The zero-order valence-corrected chi connectivity index (χ0v) is 20.3. The molecule has 4 aromatic rings. The molecule has 4 rings (SSSR count). The van der Waals surface area contributed by atoms with Crippen LogP contribution in [0, 0.1) is 27.7 Å². The van der Waals surface area contributed by atoms with E-state index in [2.05, 4.69) is 65.8 Å². The molecule has 0 saturated heterocycles. The van der Waals surface area contributed by atoms with Crippen molar-refractivity contribution in [1.29, 1.82) is 0 Å². The highest BCUT2D eigenvalue weighted by molar-refractivity contribution is 5.78. The van der Waals surface area contributed by atoms with Crippen molar-refractivity contribution in [3.05, 3.63) is 106 Å². The highest BCUT2D eigenvalue weighted by Crippen LogP contribution is 2.45. The lowest BCUT2D eigenvalue weighted by Crippen LogP contribution is -2.22. The van der Waals surface area contributed by atoms with E-state index in [0.717, 1.165) is 11.1 Å². The molecule has 0 radical (unpaired) electrons. The fraction of sp³-hybridized carbons (Fsp3) is 0.226. The Hall–Kier alpha value is -3.52. The molecule has 0 spiro atoms. The molecular weight excluding hydrogens is 404 g/mol. The molecule has 0 saturated carbocycles. The minimum Gasteiger partial charge on any atom is -0.508 e. The Kier molecular flexibility index (Phi) is 5.80. The fourth-order valence-corrected chi connectivity index (χ4v) is 5.09. The summed E-state index contributed by atoms with van der Waals surface area (Å²) in [7, 11) is 0. The zero-order valence-electron chi connectivity index (χ0n) is 20.3. The first-order valence-corrected chi connectivity index (χ1v) is 11.4. The Bertz CT molecular complexity index is 1210. The molecule has 0 aliphatic heterocycles. The number of hydrogen-bond acceptors (Lipinski definition) is 2. The van der Waals surface area contributed by atoms with Crippen molar-refractivity contribution >= 4 is 0 Å². The lowest BCUT2D eigenvalue weighted by atomic mass is 9.70. The van der Waals surface area contributed by atoms with E-state index in [-0.39, 0.29) is 16.9 Å². The second-order valence-corrected chi connectivity index (χ2v) is 9.73. The molecule has 0 aromatic heterocycles. The smallest absolute Gasteiger partial charge is 0.115 e. The van der Waals surface area contributed by atoms with Crippen LogP contribution in [0.15, 0.2) is 72.8 Å². The summed E-state index contributed by atoms with van der Waals surface area (Å²) in [6.07, 6.45) is 0. The van der Waals surface area contributed by atoms with Gasteiger partial charge >= 0.3 is 0 Å². The summed E-state index contributed by atoms with van der Waals surface area (Å²) in [6, 6.07) is 24.0. The number of aryl methyl sites for hydroxylation is 4. The van der Waals surface area contributed by atoms with Gasteiger partial charge in [0.05, 0.1) is 0 Å². The molecule has 0 heterocycles. The van der Waals surface area contributed by atoms with Gasteiger partial charge in [-0.25, -0.2) is 0 Å². The van der Waals surface area contributed by atoms with Gasteiger partial charge in [0.2, 0.25) is 0 Å². The summed E-state index contributed by atoms with van der Waals surface area (Å²) in [5.74, 6) is 0.543. The highest BCUT2D eigenvalue weighted by atomic mass is 16.3. The van der Waals surface area contributed by atoms with E-state index in [1.807, 2.05) is 24.3 Å². The summed E-state index contributed by atoms with van der Waals surface area (Å²) in [4.78, 5) is 0. The van der Waals surface area contributed by atoms with Crippen molar-refractivity contribution < 1.29 is 10.2 Å². The molecule has 0 atom stereocenters.